The second-order valence-corrected chi connectivity index (χ2v) is 2.86. The van der Waals surface area contributed by atoms with Crippen molar-refractivity contribution in [2.75, 3.05) is 13.1 Å². The van der Waals surface area contributed by atoms with E-state index in [0.717, 1.165) is 25.3 Å². The highest BCUT2D eigenvalue weighted by Crippen LogP contribution is 2.18. The molecule has 1 aliphatic heterocycles. The van der Waals surface area contributed by atoms with E-state index in [9.17, 15) is 0 Å². The molecule has 68 valence electrons. The van der Waals surface area contributed by atoms with E-state index >= 15 is 0 Å². The van der Waals surface area contributed by atoms with Crippen molar-refractivity contribution in [2.45, 2.75) is 19.3 Å². The second-order valence-electron chi connectivity index (χ2n) is 2.86. The summed E-state index contributed by atoms with van der Waals surface area (Å²) in [5, 5.41) is 7.13. The number of hydrogen-bond acceptors (Lipinski definition) is 4. The first-order valence-electron chi connectivity index (χ1n) is 3.87. The molecule has 0 aliphatic carbocycles. The Balaban J connectivity index is 0.000000720. The van der Waals surface area contributed by atoms with Gasteiger partial charge in [-0.2, -0.15) is 4.98 Å². The average Bonchev–Trinajstić information content (AvgIpc) is 2.55. The van der Waals surface area contributed by atoms with Crippen LogP contribution >= 0.6 is 12.4 Å². The van der Waals surface area contributed by atoms with Crippen molar-refractivity contribution in [1.29, 1.82) is 0 Å². The molecule has 1 N–H and O–H groups in total. The third-order valence-corrected chi connectivity index (χ3v) is 1.97. The van der Waals surface area contributed by atoms with Gasteiger partial charge in [0.15, 0.2) is 5.82 Å². The molecule has 4 nitrogen and oxygen atoms in total. The van der Waals surface area contributed by atoms with Crippen LogP contribution in [-0.4, -0.2) is 23.2 Å². The summed E-state index contributed by atoms with van der Waals surface area (Å²) in [6, 6.07) is 0. The van der Waals surface area contributed by atoms with Gasteiger partial charge < -0.3 is 9.84 Å². The Morgan fingerprint density at radius 3 is 2.92 bits per heavy atom. The van der Waals surface area contributed by atoms with Crippen LogP contribution in [0.4, 0.5) is 0 Å². The molecule has 1 aromatic rings. The predicted octanol–water partition coefficient (Wildman–Crippen LogP) is 0.877. The van der Waals surface area contributed by atoms with Gasteiger partial charge in [-0.1, -0.05) is 5.16 Å². The lowest BCUT2D eigenvalue weighted by Gasteiger charge is -1.98. The zero-order valence-corrected chi connectivity index (χ0v) is 7.73. The molecule has 0 spiro atoms. The standard InChI is InChI=1S/C7H11N3O.ClH/c1-5-9-7(10-11-5)6-2-3-8-4-6;/h6,8H,2-4H2,1H3;1H. The first-order chi connectivity index (χ1) is 5.36. The smallest absolute Gasteiger partial charge is 0.223 e. The fourth-order valence-corrected chi connectivity index (χ4v) is 1.36. The molecule has 5 heteroatoms. The first-order valence-corrected chi connectivity index (χ1v) is 3.87. The van der Waals surface area contributed by atoms with Crippen LogP contribution in [0.2, 0.25) is 0 Å². The Hall–Kier alpha value is -0.610. The third kappa shape index (κ3) is 1.76. The Morgan fingerprint density at radius 2 is 2.42 bits per heavy atom. The van der Waals surface area contributed by atoms with Crippen molar-refractivity contribution in [2.24, 2.45) is 0 Å². The van der Waals surface area contributed by atoms with E-state index in [-0.39, 0.29) is 12.4 Å². The van der Waals surface area contributed by atoms with E-state index in [0.29, 0.717) is 11.8 Å². The summed E-state index contributed by atoms with van der Waals surface area (Å²) in [6.07, 6.45) is 1.12. The Morgan fingerprint density at radius 1 is 1.58 bits per heavy atom. The fraction of sp³-hybridized carbons (Fsp3) is 0.714. The van der Waals surface area contributed by atoms with Gasteiger partial charge >= 0.3 is 0 Å². The minimum Gasteiger partial charge on any atom is -0.340 e. The second kappa shape index (κ2) is 3.87. The maximum absolute atomic E-state index is 4.89. The Kier molecular flexibility index (Phi) is 3.05. The van der Waals surface area contributed by atoms with E-state index in [1.165, 1.54) is 0 Å². The van der Waals surface area contributed by atoms with Crippen LogP contribution in [0.5, 0.6) is 0 Å². The molecule has 1 atom stereocenters. The molecule has 1 aromatic heterocycles. The number of aryl methyl sites for hydroxylation is 1. The van der Waals surface area contributed by atoms with E-state index in [1.54, 1.807) is 0 Å². The fourth-order valence-electron chi connectivity index (χ4n) is 1.36. The lowest BCUT2D eigenvalue weighted by Crippen LogP contribution is -2.08. The zero-order chi connectivity index (χ0) is 7.68. The molecule has 1 saturated heterocycles. The average molecular weight is 190 g/mol. The summed E-state index contributed by atoms with van der Waals surface area (Å²) in [7, 11) is 0. The predicted molar refractivity (Wildman–Crippen MR) is 46.5 cm³/mol. The number of nitrogens with zero attached hydrogens (tertiary/aromatic N) is 2. The van der Waals surface area contributed by atoms with E-state index < -0.39 is 0 Å². The summed E-state index contributed by atoms with van der Waals surface area (Å²) in [6.45, 7) is 3.87. The molecule has 0 saturated carbocycles. The summed E-state index contributed by atoms with van der Waals surface area (Å²) in [4.78, 5) is 4.17. The lowest BCUT2D eigenvalue weighted by atomic mass is 10.1. The third-order valence-electron chi connectivity index (χ3n) is 1.97. The number of hydrogen-bond donors (Lipinski definition) is 1. The SMILES string of the molecule is Cc1nc(C2CCNC2)no1.Cl. The highest BCUT2D eigenvalue weighted by atomic mass is 35.5. The van der Waals surface area contributed by atoms with E-state index in [2.05, 4.69) is 15.5 Å². The van der Waals surface area contributed by atoms with Crippen LogP contribution in [0.15, 0.2) is 4.52 Å². The summed E-state index contributed by atoms with van der Waals surface area (Å²) < 4.78 is 4.89. The van der Waals surface area contributed by atoms with Gasteiger partial charge in [-0.25, -0.2) is 0 Å². The van der Waals surface area contributed by atoms with Crippen LogP contribution in [0, 0.1) is 6.92 Å². The molecule has 0 radical (unpaired) electrons. The van der Waals surface area contributed by atoms with Gasteiger partial charge in [-0.05, 0) is 13.0 Å². The molecular weight excluding hydrogens is 178 g/mol. The van der Waals surface area contributed by atoms with Crippen molar-refractivity contribution in [1.82, 2.24) is 15.5 Å². The minimum absolute atomic E-state index is 0. The van der Waals surface area contributed by atoms with Gasteiger partial charge in [0.05, 0.1) is 0 Å². The monoisotopic (exact) mass is 189 g/mol. The van der Waals surface area contributed by atoms with Crippen molar-refractivity contribution in [3.63, 3.8) is 0 Å². The highest BCUT2D eigenvalue weighted by molar-refractivity contribution is 5.85. The van der Waals surface area contributed by atoms with Crippen LogP contribution < -0.4 is 5.32 Å². The van der Waals surface area contributed by atoms with Gasteiger partial charge in [0, 0.05) is 19.4 Å². The van der Waals surface area contributed by atoms with Crippen LogP contribution in [0.25, 0.3) is 0 Å². The van der Waals surface area contributed by atoms with E-state index in [1.807, 2.05) is 6.92 Å². The molecule has 2 rings (SSSR count). The first kappa shape index (κ1) is 9.48. The molecule has 1 aliphatic rings. The van der Waals surface area contributed by atoms with Gasteiger partial charge in [-0.3, -0.25) is 0 Å². The zero-order valence-electron chi connectivity index (χ0n) is 6.91. The molecular formula is C7H12ClN3O. The van der Waals surface area contributed by atoms with Crippen LogP contribution in [-0.2, 0) is 0 Å². The minimum atomic E-state index is 0. The summed E-state index contributed by atoms with van der Waals surface area (Å²) >= 11 is 0. The van der Waals surface area contributed by atoms with Gasteiger partial charge in [0.2, 0.25) is 5.89 Å². The van der Waals surface area contributed by atoms with E-state index in [4.69, 9.17) is 4.52 Å². The van der Waals surface area contributed by atoms with Crippen molar-refractivity contribution in [3.05, 3.63) is 11.7 Å². The quantitative estimate of drug-likeness (QED) is 0.713. The van der Waals surface area contributed by atoms with Crippen LogP contribution in [0.1, 0.15) is 24.1 Å². The van der Waals surface area contributed by atoms with Gasteiger partial charge in [-0.15, -0.1) is 12.4 Å². The number of aromatic nitrogens is 2. The number of nitrogens with one attached hydrogen (secondary N) is 1. The number of halogens is 1. The molecule has 1 fully saturated rings. The molecule has 0 bridgehead atoms. The highest BCUT2D eigenvalue weighted by Gasteiger charge is 2.20. The molecule has 1 unspecified atom stereocenters. The topological polar surface area (TPSA) is 51.0 Å². The Labute approximate surface area is 77.1 Å². The van der Waals surface area contributed by atoms with Crippen molar-refractivity contribution >= 4 is 12.4 Å². The molecule has 0 amide bonds. The molecule has 2 heterocycles. The van der Waals surface area contributed by atoms with Crippen molar-refractivity contribution < 1.29 is 4.52 Å². The van der Waals surface area contributed by atoms with Gasteiger partial charge in [0.25, 0.3) is 0 Å². The number of rotatable bonds is 1. The molecule has 0 aromatic carbocycles. The normalized spacial score (nSPS) is 22.2. The summed E-state index contributed by atoms with van der Waals surface area (Å²) in [5.41, 5.74) is 0. The van der Waals surface area contributed by atoms with Crippen LogP contribution in [0.3, 0.4) is 0 Å². The van der Waals surface area contributed by atoms with Crippen molar-refractivity contribution in [3.8, 4) is 0 Å². The lowest BCUT2D eigenvalue weighted by molar-refractivity contribution is 0.384. The Bertz CT molecular complexity index is 245. The maximum atomic E-state index is 4.89. The van der Waals surface area contributed by atoms with Gasteiger partial charge in [0.1, 0.15) is 0 Å². The largest absolute Gasteiger partial charge is 0.340 e. The maximum Gasteiger partial charge on any atom is 0.223 e. The molecule has 12 heavy (non-hydrogen) atoms. The summed E-state index contributed by atoms with van der Waals surface area (Å²) in [5.74, 6) is 1.98.